The van der Waals surface area contributed by atoms with Crippen molar-refractivity contribution in [3.63, 3.8) is 0 Å². The molecule has 1 aromatic carbocycles. The Morgan fingerprint density at radius 3 is 2.76 bits per heavy atom. The minimum Gasteiger partial charge on any atom is -0.302 e. The third-order valence-corrected chi connectivity index (χ3v) is 8.46. The molecular formula is C25H26F4N4S. The molecule has 1 saturated carbocycles. The smallest absolute Gasteiger partial charge is 0.302 e. The minimum absolute atomic E-state index is 0.137. The van der Waals surface area contributed by atoms with Crippen molar-refractivity contribution in [3.05, 3.63) is 64.7 Å². The van der Waals surface area contributed by atoms with Crippen LogP contribution in [0.3, 0.4) is 0 Å². The van der Waals surface area contributed by atoms with Crippen LogP contribution in [0.2, 0.25) is 0 Å². The fraction of sp³-hybridized carbons (Fsp3) is 0.480. The Balaban J connectivity index is 1.11. The molecule has 1 aromatic heterocycles. The number of thioether (sulfide) groups is 1. The number of alkyl halides is 3. The fourth-order valence-electron chi connectivity index (χ4n) is 5.32. The number of likely N-dealkylation sites (tertiary alicyclic amines) is 1. The van der Waals surface area contributed by atoms with E-state index < -0.39 is 17.6 Å². The molecule has 34 heavy (non-hydrogen) atoms. The van der Waals surface area contributed by atoms with Crippen LogP contribution in [-0.2, 0) is 11.6 Å². The minimum atomic E-state index is -4.52. The largest absolute Gasteiger partial charge is 0.416 e. The maximum atomic E-state index is 14.6. The molecule has 2 aromatic rings. The molecule has 0 radical (unpaired) electrons. The molecule has 2 fully saturated rings. The summed E-state index contributed by atoms with van der Waals surface area (Å²) in [7, 11) is 0. The van der Waals surface area contributed by atoms with Gasteiger partial charge in [0.15, 0.2) is 0 Å². The summed E-state index contributed by atoms with van der Waals surface area (Å²) in [4.78, 5) is 6.65. The molecular weight excluding hydrogens is 464 g/mol. The van der Waals surface area contributed by atoms with Crippen molar-refractivity contribution in [3.8, 4) is 0 Å². The van der Waals surface area contributed by atoms with E-state index in [1.807, 2.05) is 19.1 Å². The molecule has 0 bridgehead atoms. The summed E-state index contributed by atoms with van der Waals surface area (Å²) in [6.45, 7) is 6.54. The molecule has 3 atom stereocenters. The molecule has 1 saturated heterocycles. The molecule has 2 aliphatic heterocycles. The first kappa shape index (κ1) is 23.5. The summed E-state index contributed by atoms with van der Waals surface area (Å²) in [6, 6.07) is 6.93. The zero-order valence-corrected chi connectivity index (χ0v) is 19.9. The summed E-state index contributed by atoms with van der Waals surface area (Å²) < 4.78 is 53.2. The van der Waals surface area contributed by atoms with Gasteiger partial charge in [-0.25, -0.2) is 4.39 Å². The van der Waals surface area contributed by atoms with Crippen LogP contribution in [0.5, 0.6) is 0 Å². The number of rotatable bonds is 6. The Labute approximate surface area is 200 Å². The Morgan fingerprint density at radius 2 is 2.03 bits per heavy atom. The van der Waals surface area contributed by atoms with Gasteiger partial charge < -0.3 is 4.90 Å². The molecule has 9 heteroatoms. The summed E-state index contributed by atoms with van der Waals surface area (Å²) in [5, 5.41) is 9.80. The molecule has 1 unspecified atom stereocenters. The Kier molecular flexibility index (Phi) is 6.04. The number of aryl methyl sites for hydroxylation is 1. The second-order valence-corrected chi connectivity index (χ2v) is 10.6. The van der Waals surface area contributed by atoms with Crippen molar-refractivity contribution < 1.29 is 17.6 Å². The molecule has 3 heterocycles. The molecule has 1 aliphatic carbocycles. The van der Waals surface area contributed by atoms with Gasteiger partial charge in [0.25, 0.3) is 0 Å². The van der Waals surface area contributed by atoms with Crippen LogP contribution in [0, 0.1) is 24.6 Å². The van der Waals surface area contributed by atoms with Gasteiger partial charge in [-0.3, -0.25) is 4.98 Å². The van der Waals surface area contributed by atoms with Crippen LogP contribution in [-0.4, -0.2) is 46.0 Å². The predicted molar refractivity (Wildman–Crippen MR) is 127 cm³/mol. The number of piperidine rings is 1. The number of halogens is 4. The van der Waals surface area contributed by atoms with E-state index in [1.54, 1.807) is 18.0 Å². The van der Waals surface area contributed by atoms with Crippen LogP contribution in [0.1, 0.15) is 42.1 Å². The van der Waals surface area contributed by atoms with Crippen molar-refractivity contribution in [1.82, 2.24) is 9.88 Å². The van der Waals surface area contributed by atoms with Crippen molar-refractivity contribution in [1.29, 1.82) is 0 Å². The van der Waals surface area contributed by atoms with E-state index in [-0.39, 0.29) is 11.3 Å². The number of fused-ring (bicyclic) bond motifs is 1. The lowest BCUT2D eigenvalue weighted by Gasteiger charge is -2.22. The average molecular weight is 491 g/mol. The first-order valence-corrected chi connectivity index (χ1v) is 12.5. The summed E-state index contributed by atoms with van der Waals surface area (Å²) >= 11 is 1.72. The highest BCUT2D eigenvalue weighted by Crippen LogP contribution is 2.59. The number of hydrogen-bond acceptors (Lipinski definition) is 5. The van der Waals surface area contributed by atoms with Gasteiger partial charge in [0.05, 0.1) is 17.2 Å². The first-order chi connectivity index (χ1) is 16.2. The van der Waals surface area contributed by atoms with Gasteiger partial charge in [-0.05, 0) is 62.1 Å². The van der Waals surface area contributed by atoms with Crippen molar-refractivity contribution >= 4 is 22.5 Å². The molecule has 0 N–H and O–H groups in total. The maximum Gasteiger partial charge on any atom is 0.416 e. The molecule has 0 spiro atoms. The molecule has 0 amide bonds. The van der Waals surface area contributed by atoms with E-state index in [0.29, 0.717) is 24.1 Å². The second-order valence-electron chi connectivity index (χ2n) is 9.47. The molecule has 4 nitrogen and oxygen atoms in total. The van der Waals surface area contributed by atoms with E-state index in [4.69, 9.17) is 0 Å². The number of aromatic nitrogens is 1. The zero-order chi connectivity index (χ0) is 24.1. The van der Waals surface area contributed by atoms with E-state index in [9.17, 15) is 17.6 Å². The highest BCUT2D eigenvalue weighted by molar-refractivity contribution is 8.14. The summed E-state index contributed by atoms with van der Waals surface area (Å²) in [5.41, 5.74) is 2.12. The van der Waals surface area contributed by atoms with E-state index in [2.05, 4.69) is 27.0 Å². The van der Waals surface area contributed by atoms with Gasteiger partial charge in [-0.1, -0.05) is 13.0 Å². The standard InChI is InChI=1S/C25H26F4N4S/c1-15-22(19-5-3-8-30-16(19)2)31-32-23(15)34-10-4-9-33-13-18-12-24(18,14-33)20-7-6-17(11-21(20)26)25(27,28)29/h3,5-8,11,15,18H,4,9-10,12-14H2,1-2H3/t15?,18-,24-/m0/s1. The Bertz CT molecular complexity index is 1160. The third-order valence-electron chi connectivity index (χ3n) is 7.24. The van der Waals surface area contributed by atoms with Gasteiger partial charge in [0, 0.05) is 41.7 Å². The predicted octanol–water partition coefficient (Wildman–Crippen LogP) is 5.70. The van der Waals surface area contributed by atoms with Crippen molar-refractivity contribution in [2.24, 2.45) is 22.0 Å². The Hall–Kier alpha value is -2.26. The number of pyridine rings is 1. The maximum absolute atomic E-state index is 14.6. The van der Waals surface area contributed by atoms with E-state index in [0.717, 1.165) is 59.8 Å². The number of nitrogens with zero attached hydrogens (tertiary/aromatic N) is 4. The first-order valence-electron chi connectivity index (χ1n) is 11.5. The highest BCUT2D eigenvalue weighted by atomic mass is 32.2. The molecule has 180 valence electrons. The lowest BCUT2D eigenvalue weighted by molar-refractivity contribution is -0.137. The zero-order valence-electron chi connectivity index (χ0n) is 19.1. The third kappa shape index (κ3) is 4.28. The second kappa shape index (κ2) is 8.75. The quantitative estimate of drug-likeness (QED) is 0.386. The van der Waals surface area contributed by atoms with Gasteiger partial charge in [-0.15, -0.1) is 16.9 Å². The van der Waals surface area contributed by atoms with E-state index >= 15 is 0 Å². The number of hydrogen-bond donors (Lipinski definition) is 0. The summed E-state index contributed by atoms with van der Waals surface area (Å²) in [6.07, 6.45) is -0.949. The van der Waals surface area contributed by atoms with Crippen molar-refractivity contribution in [2.75, 3.05) is 25.4 Å². The topological polar surface area (TPSA) is 40.9 Å². The lowest BCUT2D eigenvalue weighted by atomic mass is 9.93. The van der Waals surface area contributed by atoms with Crippen LogP contribution < -0.4 is 0 Å². The summed E-state index contributed by atoms with van der Waals surface area (Å²) in [5.74, 6) is 0.631. The average Bonchev–Trinajstić information content (AvgIpc) is 3.16. The molecule has 3 aliphatic rings. The monoisotopic (exact) mass is 490 g/mol. The normalized spacial score (nSPS) is 26.4. The number of benzene rings is 1. The van der Waals surface area contributed by atoms with Crippen LogP contribution >= 0.6 is 11.8 Å². The van der Waals surface area contributed by atoms with Gasteiger partial charge in [0.1, 0.15) is 10.9 Å². The van der Waals surface area contributed by atoms with Crippen molar-refractivity contribution in [2.45, 2.75) is 38.3 Å². The van der Waals surface area contributed by atoms with Gasteiger partial charge in [0.2, 0.25) is 0 Å². The molecule has 5 rings (SSSR count). The Morgan fingerprint density at radius 1 is 1.21 bits per heavy atom. The van der Waals surface area contributed by atoms with Crippen LogP contribution in [0.15, 0.2) is 46.7 Å². The van der Waals surface area contributed by atoms with Gasteiger partial charge in [-0.2, -0.15) is 18.3 Å². The lowest BCUT2D eigenvalue weighted by Crippen LogP contribution is -2.28. The SMILES string of the molecule is Cc1ncccc1C1=NN=C(SCCCN2C[C@@H]3C[C@]3(c3ccc(C(F)(F)F)cc3F)C2)C1C. The highest BCUT2D eigenvalue weighted by Gasteiger charge is 2.61. The van der Waals surface area contributed by atoms with Crippen LogP contribution in [0.25, 0.3) is 0 Å². The van der Waals surface area contributed by atoms with Crippen LogP contribution in [0.4, 0.5) is 17.6 Å². The van der Waals surface area contributed by atoms with Gasteiger partial charge >= 0.3 is 6.18 Å². The fourth-order valence-corrected chi connectivity index (χ4v) is 6.27. The van der Waals surface area contributed by atoms with E-state index in [1.165, 1.54) is 6.07 Å².